The normalized spacial score (nSPS) is 35.1. The standard InChI is InChI=1S/C18H36N2/c1-5-15(3)12-20-13-17(16-10-8-7-9-11-16)19-14-18(20,4)6-2/h15-17,19H,5-14H2,1-4H3. The molecule has 1 aliphatic carbocycles. The van der Waals surface area contributed by atoms with Gasteiger partial charge in [-0.05, 0) is 38.0 Å². The predicted octanol–water partition coefficient (Wildman–Crippen LogP) is 4.06. The van der Waals surface area contributed by atoms with E-state index in [9.17, 15) is 0 Å². The number of piperazine rings is 1. The van der Waals surface area contributed by atoms with E-state index < -0.39 is 0 Å². The van der Waals surface area contributed by atoms with E-state index in [1.54, 1.807) is 0 Å². The highest BCUT2D eigenvalue weighted by Gasteiger charge is 2.39. The van der Waals surface area contributed by atoms with Crippen molar-refractivity contribution < 1.29 is 0 Å². The fourth-order valence-corrected chi connectivity index (χ4v) is 3.99. The molecule has 3 unspecified atom stereocenters. The first-order valence-electron chi connectivity index (χ1n) is 9.07. The maximum absolute atomic E-state index is 3.91. The Morgan fingerprint density at radius 1 is 1.20 bits per heavy atom. The van der Waals surface area contributed by atoms with Gasteiger partial charge < -0.3 is 5.32 Å². The lowest BCUT2D eigenvalue weighted by atomic mass is 9.80. The molecule has 0 amide bonds. The predicted molar refractivity (Wildman–Crippen MR) is 88.1 cm³/mol. The van der Waals surface area contributed by atoms with Crippen LogP contribution in [-0.2, 0) is 0 Å². The van der Waals surface area contributed by atoms with Crippen molar-refractivity contribution >= 4 is 0 Å². The molecule has 1 heterocycles. The minimum absolute atomic E-state index is 0.370. The molecule has 2 rings (SSSR count). The second kappa shape index (κ2) is 7.26. The Hall–Kier alpha value is -0.0800. The second-order valence-corrected chi connectivity index (χ2v) is 7.65. The molecule has 2 aliphatic rings. The van der Waals surface area contributed by atoms with Crippen molar-refractivity contribution in [3.63, 3.8) is 0 Å². The Morgan fingerprint density at radius 3 is 2.50 bits per heavy atom. The summed E-state index contributed by atoms with van der Waals surface area (Å²) < 4.78 is 0. The quantitative estimate of drug-likeness (QED) is 0.817. The Morgan fingerprint density at radius 2 is 1.90 bits per heavy atom. The third-order valence-corrected chi connectivity index (χ3v) is 6.14. The summed E-state index contributed by atoms with van der Waals surface area (Å²) in [6.07, 6.45) is 9.85. The molecule has 20 heavy (non-hydrogen) atoms. The summed E-state index contributed by atoms with van der Waals surface area (Å²) in [6.45, 7) is 13.3. The highest BCUT2D eigenvalue weighted by atomic mass is 15.3. The van der Waals surface area contributed by atoms with Crippen LogP contribution in [0.15, 0.2) is 0 Å². The minimum atomic E-state index is 0.370. The zero-order chi connectivity index (χ0) is 14.6. The summed E-state index contributed by atoms with van der Waals surface area (Å²) in [7, 11) is 0. The third-order valence-electron chi connectivity index (χ3n) is 6.14. The average Bonchev–Trinajstić information content (AvgIpc) is 2.50. The molecule has 1 aliphatic heterocycles. The van der Waals surface area contributed by atoms with Crippen LogP contribution in [0.1, 0.15) is 72.6 Å². The molecule has 0 bridgehead atoms. The second-order valence-electron chi connectivity index (χ2n) is 7.65. The van der Waals surface area contributed by atoms with Crippen LogP contribution in [0.2, 0.25) is 0 Å². The van der Waals surface area contributed by atoms with Gasteiger partial charge >= 0.3 is 0 Å². The van der Waals surface area contributed by atoms with Gasteiger partial charge in [-0.25, -0.2) is 0 Å². The van der Waals surface area contributed by atoms with Crippen molar-refractivity contribution in [3.05, 3.63) is 0 Å². The van der Waals surface area contributed by atoms with Crippen LogP contribution in [0.3, 0.4) is 0 Å². The molecule has 118 valence electrons. The molecule has 2 fully saturated rings. The monoisotopic (exact) mass is 280 g/mol. The molecular weight excluding hydrogens is 244 g/mol. The Labute approximate surface area is 126 Å². The van der Waals surface area contributed by atoms with Crippen LogP contribution < -0.4 is 5.32 Å². The molecule has 0 radical (unpaired) electrons. The third kappa shape index (κ3) is 3.76. The number of nitrogens with zero attached hydrogens (tertiary/aromatic N) is 1. The maximum atomic E-state index is 3.91. The van der Waals surface area contributed by atoms with Gasteiger partial charge in [0.05, 0.1) is 0 Å². The summed E-state index contributed by atoms with van der Waals surface area (Å²) in [5, 5.41) is 3.91. The zero-order valence-electron chi connectivity index (χ0n) is 14.3. The maximum Gasteiger partial charge on any atom is 0.0304 e. The van der Waals surface area contributed by atoms with Gasteiger partial charge in [0, 0.05) is 31.2 Å². The average molecular weight is 280 g/mol. The lowest BCUT2D eigenvalue weighted by Gasteiger charge is -2.51. The van der Waals surface area contributed by atoms with E-state index in [4.69, 9.17) is 0 Å². The number of hydrogen-bond acceptors (Lipinski definition) is 2. The van der Waals surface area contributed by atoms with Gasteiger partial charge in [0.15, 0.2) is 0 Å². The molecule has 0 aromatic rings. The topological polar surface area (TPSA) is 15.3 Å². The van der Waals surface area contributed by atoms with E-state index in [1.807, 2.05) is 0 Å². The van der Waals surface area contributed by atoms with E-state index >= 15 is 0 Å². The van der Waals surface area contributed by atoms with Gasteiger partial charge in [0.1, 0.15) is 0 Å². The first-order chi connectivity index (χ1) is 9.59. The van der Waals surface area contributed by atoms with Crippen LogP contribution in [0.25, 0.3) is 0 Å². The van der Waals surface area contributed by atoms with Crippen molar-refractivity contribution in [2.45, 2.75) is 84.2 Å². The van der Waals surface area contributed by atoms with E-state index in [2.05, 4.69) is 37.9 Å². The fraction of sp³-hybridized carbons (Fsp3) is 1.00. The van der Waals surface area contributed by atoms with Gasteiger partial charge in [0.2, 0.25) is 0 Å². The molecule has 3 atom stereocenters. The van der Waals surface area contributed by atoms with Crippen molar-refractivity contribution in [2.75, 3.05) is 19.6 Å². The van der Waals surface area contributed by atoms with E-state index in [0.717, 1.165) is 17.9 Å². The van der Waals surface area contributed by atoms with Gasteiger partial charge in [-0.3, -0.25) is 4.90 Å². The van der Waals surface area contributed by atoms with E-state index in [1.165, 1.54) is 64.6 Å². The molecule has 1 saturated heterocycles. The Kier molecular flexibility index (Phi) is 5.92. The summed E-state index contributed by atoms with van der Waals surface area (Å²) in [4.78, 5) is 2.82. The molecule has 0 aromatic heterocycles. The lowest BCUT2D eigenvalue weighted by Crippen LogP contribution is -2.65. The molecule has 0 spiro atoms. The molecule has 2 nitrogen and oxygen atoms in total. The van der Waals surface area contributed by atoms with Crippen LogP contribution in [-0.4, -0.2) is 36.1 Å². The SMILES string of the molecule is CCC(C)CN1CC(C2CCCCC2)NCC1(C)CC. The first-order valence-corrected chi connectivity index (χ1v) is 9.07. The van der Waals surface area contributed by atoms with Gasteiger partial charge in [0.25, 0.3) is 0 Å². The largest absolute Gasteiger partial charge is 0.311 e. The van der Waals surface area contributed by atoms with Crippen LogP contribution in [0.4, 0.5) is 0 Å². The molecule has 1 saturated carbocycles. The minimum Gasteiger partial charge on any atom is -0.311 e. The van der Waals surface area contributed by atoms with Gasteiger partial charge in [-0.15, -0.1) is 0 Å². The Bertz CT molecular complexity index is 285. The van der Waals surface area contributed by atoms with Crippen molar-refractivity contribution in [1.29, 1.82) is 0 Å². The van der Waals surface area contributed by atoms with Crippen LogP contribution in [0.5, 0.6) is 0 Å². The first kappa shape index (κ1) is 16.3. The number of rotatable bonds is 5. The smallest absolute Gasteiger partial charge is 0.0304 e. The highest BCUT2D eigenvalue weighted by Crippen LogP contribution is 2.32. The van der Waals surface area contributed by atoms with Crippen molar-refractivity contribution in [3.8, 4) is 0 Å². The molecule has 1 N–H and O–H groups in total. The summed E-state index contributed by atoms with van der Waals surface area (Å²) in [5.74, 6) is 1.76. The summed E-state index contributed by atoms with van der Waals surface area (Å²) in [5.41, 5.74) is 0.370. The summed E-state index contributed by atoms with van der Waals surface area (Å²) in [6, 6.07) is 0.749. The number of nitrogens with one attached hydrogen (secondary N) is 1. The van der Waals surface area contributed by atoms with Crippen molar-refractivity contribution in [2.24, 2.45) is 11.8 Å². The highest BCUT2D eigenvalue weighted by molar-refractivity contribution is 4.97. The van der Waals surface area contributed by atoms with E-state index in [-0.39, 0.29) is 0 Å². The zero-order valence-corrected chi connectivity index (χ0v) is 14.3. The lowest BCUT2D eigenvalue weighted by molar-refractivity contribution is 0.0190. The van der Waals surface area contributed by atoms with Gasteiger partial charge in [-0.2, -0.15) is 0 Å². The van der Waals surface area contributed by atoms with E-state index in [0.29, 0.717) is 5.54 Å². The van der Waals surface area contributed by atoms with Crippen LogP contribution in [0, 0.1) is 11.8 Å². The molecule has 2 heteroatoms. The van der Waals surface area contributed by atoms with Gasteiger partial charge in [-0.1, -0.05) is 46.5 Å². The molecule has 0 aromatic carbocycles. The molecular formula is C18H36N2. The van der Waals surface area contributed by atoms with Crippen molar-refractivity contribution in [1.82, 2.24) is 10.2 Å². The summed E-state index contributed by atoms with van der Waals surface area (Å²) >= 11 is 0. The fourth-order valence-electron chi connectivity index (χ4n) is 3.99. The Balaban J connectivity index is 1.99. The van der Waals surface area contributed by atoms with Crippen LogP contribution >= 0.6 is 0 Å². The number of hydrogen-bond donors (Lipinski definition) is 1.